The first-order valence-electron chi connectivity index (χ1n) is 8.04. The molecule has 1 N–H and O–H groups in total. The Labute approximate surface area is 144 Å². The molecule has 1 aliphatic rings. The molecule has 0 aliphatic carbocycles. The maximum Gasteiger partial charge on any atom is 0.0912 e. The van der Waals surface area contributed by atoms with Crippen LogP contribution in [0.3, 0.4) is 0 Å². The van der Waals surface area contributed by atoms with Crippen molar-refractivity contribution in [3.05, 3.63) is 60.2 Å². The number of hydrogen-bond donors (Lipinski definition) is 1. The van der Waals surface area contributed by atoms with Gasteiger partial charge in [0, 0.05) is 32.2 Å². The number of halogens is 2. The molecule has 0 bridgehead atoms. The molecule has 23 heavy (non-hydrogen) atoms. The summed E-state index contributed by atoms with van der Waals surface area (Å²) < 4.78 is 13.0. The molecule has 1 heterocycles. The molecule has 3 rings (SSSR count). The molecule has 0 aromatic heterocycles. The van der Waals surface area contributed by atoms with Crippen LogP contribution in [0.4, 0.5) is 4.39 Å². The van der Waals surface area contributed by atoms with Gasteiger partial charge in [0.25, 0.3) is 0 Å². The second-order valence-electron chi connectivity index (χ2n) is 5.77. The van der Waals surface area contributed by atoms with Crippen LogP contribution in [0.1, 0.15) is 18.0 Å². The minimum Gasteiger partial charge on any atom is -0.314 e. The number of nitrogens with one attached hydrogen (secondary N) is 1. The maximum atomic E-state index is 13.0. The maximum absolute atomic E-state index is 13.0. The van der Waals surface area contributed by atoms with Gasteiger partial charge in [-0.15, -0.1) is 12.4 Å². The van der Waals surface area contributed by atoms with Gasteiger partial charge in [0.1, 0.15) is 0 Å². The zero-order chi connectivity index (χ0) is 15.2. The van der Waals surface area contributed by atoms with Crippen molar-refractivity contribution in [3.8, 4) is 11.1 Å². The third-order valence-electron chi connectivity index (χ3n) is 4.38. The van der Waals surface area contributed by atoms with Crippen molar-refractivity contribution in [2.75, 3.05) is 32.9 Å². The number of rotatable bonds is 5. The predicted octanol–water partition coefficient (Wildman–Crippen LogP) is 4.08. The molecule has 0 radical (unpaired) electrons. The van der Waals surface area contributed by atoms with Gasteiger partial charge in [0.2, 0.25) is 0 Å². The first-order chi connectivity index (χ1) is 10.9. The molecule has 124 valence electrons. The van der Waals surface area contributed by atoms with E-state index in [1.807, 2.05) is 6.07 Å². The Hall–Kier alpha value is -1.42. The SMILES string of the molecule is Cl.FCC[C@H](c1ccc(-c2ccccc2)cc1)N1CCNCC1. The molecule has 1 atom stereocenters. The summed E-state index contributed by atoms with van der Waals surface area (Å²) in [5.74, 6) is 0. The van der Waals surface area contributed by atoms with E-state index in [1.165, 1.54) is 16.7 Å². The van der Waals surface area contributed by atoms with Crippen LogP contribution < -0.4 is 5.32 Å². The summed E-state index contributed by atoms with van der Waals surface area (Å²) >= 11 is 0. The minimum atomic E-state index is -0.269. The monoisotopic (exact) mass is 334 g/mol. The highest BCUT2D eigenvalue weighted by molar-refractivity contribution is 5.85. The predicted molar refractivity (Wildman–Crippen MR) is 96.9 cm³/mol. The van der Waals surface area contributed by atoms with Gasteiger partial charge in [-0.25, -0.2) is 0 Å². The van der Waals surface area contributed by atoms with Crippen molar-refractivity contribution in [2.24, 2.45) is 0 Å². The van der Waals surface area contributed by atoms with Gasteiger partial charge in [-0.2, -0.15) is 0 Å². The molecular weight excluding hydrogens is 311 g/mol. The fraction of sp³-hybridized carbons (Fsp3) is 0.368. The van der Waals surface area contributed by atoms with Crippen LogP contribution in [0.5, 0.6) is 0 Å². The lowest BCUT2D eigenvalue weighted by Crippen LogP contribution is -2.45. The van der Waals surface area contributed by atoms with Crippen molar-refractivity contribution in [3.63, 3.8) is 0 Å². The Morgan fingerprint density at radius 2 is 1.52 bits per heavy atom. The van der Waals surface area contributed by atoms with E-state index in [4.69, 9.17) is 0 Å². The van der Waals surface area contributed by atoms with E-state index >= 15 is 0 Å². The Morgan fingerprint density at radius 1 is 0.913 bits per heavy atom. The van der Waals surface area contributed by atoms with Crippen LogP contribution in [-0.4, -0.2) is 37.8 Å². The Morgan fingerprint density at radius 3 is 2.13 bits per heavy atom. The van der Waals surface area contributed by atoms with E-state index in [0.29, 0.717) is 6.42 Å². The molecule has 0 spiro atoms. The molecule has 2 aromatic rings. The summed E-state index contributed by atoms with van der Waals surface area (Å²) in [6.45, 7) is 3.70. The van der Waals surface area contributed by atoms with Gasteiger partial charge in [-0.1, -0.05) is 54.6 Å². The Bertz CT molecular complexity index is 568. The van der Waals surface area contributed by atoms with Crippen molar-refractivity contribution < 1.29 is 4.39 Å². The zero-order valence-corrected chi connectivity index (χ0v) is 14.1. The van der Waals surface area contributed by atoms with Gasteiger partial charge < -0.3 is 5.32 Å². The molecular formula is C19H24ClFN2. The van der Waals surface area contributed by atoms with Crippen molar-refractivity contribution in [2.45, 2.75) is 12.5 Å². The summed E-state index contributed by atoms with van der Waals surface area (Å²) in [5.41, 5.74) is 3.65. The lowest BCUT2D eigenvalue weighted by atomic mass is 9.98. The van der Waals surface area contributed by atoms with Gasteiger partial charge in [0.05, 0.1) is 6.67 Å². The fourth-order valence-electron chi connectivity index (χ4n) is 3.19. The highest BCUT2D eigenvalue weighted by Crippen LogP contribution is 2.27. The van der Waals surface area contributed by atoms with Gasteiger partial charge in [0.15, 0.2) is 0 Å². The van der Waals surface area contributed by atoms with Crippen LogP contribution in [0, 0.1) is 0 Å². The Balaban J connectivity index is 0.00000192. The van der Waals surface area contributed by atoms with Gasteiger partial charge >= 0.3 is 0 Å². The Kier molecular flexibility index (Phi) is 7.03. The third-order valence-corrected chi connectivity index (χ3v) is 4.38. The number of alkyl halides is 1. The first-order valence-corrected chi connectivity index (χ1v) is 8.04. The molecule has 2 nitrogen and oxygen atoms in total. The zero-order valence-electron chi connectivity index (χ0n) is 13.2. The van der Waals surface area contributed by atoms with E-state index in [2.05, 4.69) is 58.7 Å². The fourth-order valence-corrected chi connectivity index (χ4v) is 3.19. The average Bonchev–Trinajstić information content (AvgIpc) is 2.61. The summed E-state index contributed by atoms with van der Waals surface area (Å²) in [6, 6.07) is 19.2. The number of piperazine rings is 1. The van der Waals surface area contributed by atoms with Gasteiger partial charge in [-0.3, -0.25) is 9.29 Å². The van der Waals surface area contributed by atoms with Crippen LogP contribution in [0.2, 0.25) is 0 Å². The molecule has 0 unspecified atom stereocenters. The van der Waals surface area contributed by atoms with Crippen molar-refractivity contribution in [1.29, 1.82) is 0 Å². The van der Waals surface area contributed by atoms with E-state index < -0.39 is 0 Å². The third kappa shape index (κ3) is 4.54. The molecule has 0 saturated carbocycles. The molecule has 1 fully saturated rings. The normalized spacial score (nSPS) is 16.6. The highest BCUT2D eigenvalue weighted by atomic mass is 35.5. The topological polar surface area (TPSA) is 15.3 Å². The number of benzene rings is 2. The largest absolute Gasteiger partial charge is 0.314 e. The molecule has 2 aromatic carbocycles. The van der Waals surface area contributed by atoms with Crippen LogP contribution in [0.25, 0.3) is 11.1 Å². The molecule has 1 saturated heterocycles. The number of hydrogen-bond acceptors (Lipinski definition) is 2. The summed E-state index contributed by atoms with van der Waals surface area (Å²) in [6.07, 6.45) is 0.574. The summed E-state index contributed by atoms with van der Waals surface area (Å²) in [4.78, 5) is 2.40. The van der Waals surface area contributed by atoms with Crippen LogP contribution in [-0.2, 0) is 0 Å². The quantitative estimate of drug-likeness (QED) is 0.886. The smallest absolute Gasteiger partial charge is 0.0912 e. The minimum absolute atomic E-state index is 0. The van der Waals surface area contributed by atoms with Crippen molar-refractivity contribution >= 4 is 12.4 Å². The van der Waals surface area contributed by atoms with E-state index in [0.717, 1.165) is 26.2 Å². The second-order valence-corrected chi connectivity index (χ2v) is 5.77. The number of nitrogens with zero attached hydrogens (tertiary/aromatic N) is 1. The van der Waals surface area contributed by atoms with Crippen LogP contribution >= 0.6 is 12.4 Å². The lowest BCUT2D eigenvalue weighted by Gasteiger charge is -2.35. The van der Waals surface area contributed by atoms with E-state index in [1.54, 1.807) is 0 Å². The van der Waals surface area contributed by atoms with Crippen molar-refractivity contribution in [1.82, 2.24) is 10.2 Å². The average molecular weight is 335 g/mol. The summed E-state index contributed by atoms with van der Waals surface area (Å²) in [7, 11) is 0. The standard InChI is InChI=1S/C19H23FN2.ClH/c20-11-10-19(22-14-12-21-13-15-22)18-8-6-17(7-9-18)16-4-2-1-3-5-16;/h1-9,19,21H,10-15H2;1H/t19-;/m1./s1. The van der Waals surface area contributed by atoms with Crippen LogP contribution in [0.15, 0.2) is 54.6 Å². The molecule has 0 amide bonds. The summed E-state index contributed by atoms with van der Waals surface area (Å²) in [5, 5.41) is 3.36. The second kappa shape index (κ2) is 9.02. The highest BCUT2D eigenvalue weighted by Gasteiger charge is 2.21. The molecule has 4 heteroatoms. The van der Waals surface area contributed by atoms with E-state index in [-0.39, 0.29) is 25.1 Å². The first kappa shape index (κ1) is 17.9. The van der Waals surface area contributed by atoms with E-state index in [9.17, 15) is 4.39 Å². The lowest BCUT2D eigenvalue weighted by molar-refractivity contribution is 0.157. The molecule has 1 aliphatic heterocycles. The van der Waals surface area contributed by atoms with Gasteiger partial charge in [-0.05, 0) is 23.1 Å².